The summed E-state index contributed by atoms with van der Waals surface area (Å²) in [6.45, 7) is 6.18. The maximum atomic E-state index is 14.4. The molecule has 0 unspecified atom stereocenters. The van der Waals surface area contributed by atoms with Gasteiger partial charge in [0.15, 0.2) is 0 Å². The molecule has 0 spiro atoms. The molecule has 1 aliphatic carbocycles. The van der Waals surface area contributed by atoms with Gasteiger partial charge in [0, 0.05) is 28.8 Å². The molecule has 2 bridgehead atoms. The van der Waals surface area contributed by atoms with Crippen LogP contribution in [0.4, 0.5) is 9.18 Å². The van der Waals surface area contributed by atoms with Gasteiger partial charge < -0.3 is 24.1 Å². The molecule has 7 rings (SSSR count). The number of rotatable bonds is 6. The van der Waals surface area contributed by atoms with Gasteiger partial charge in [0.25, 0.3) is 0 Å². The number of aromatic nitrogens is 1. The van der Waals surface area contributed by atoms with Crippen molar-refractivity contribution < 1.29 is 33.0 Å². The van der Waals surface area contributed by atoms with Crippen molar-refractivity contribution >= 4 is 28.9 Å². The molecule has 1 N–H and O–H groups in total. The van der Waals surface area contributed by atoms with E-state index < -0.39 is 40.6 Å². The summed E-state index contributed by atoms with van der Waals surface area (Å²) in [7, 11) is 0. The Morgan fingerprint density at radius 1 is 1.00 bits per heavy atom. The number of carbonyl (C=O) groups excluding carboxylic acids is 3. The number of hydrogen-bond acceptors (Lipinski definition) is 6. The van der Waals surface area contributed by atoms with Crippen molar-refractivity contribution in [3.8, 4) is 11.3 Å². The number of benzene rings is 3. The third kappa shape index (κ3) is 4.58. The third-order valence-corrected chi connectivity index (χ3v) is 10.9. The first-order valence-corrected chi connectivity index (χ1v) is 15.8. The highest BCUT2D eigenvalue weighted by Gasteiger charge is 2.76. The first-order valence-electron chi connectivity index (χ1n) is 15.8. The van der Waals surface area contributed by atoms with Crippen molar-refractivity contribution in [2.24, 2.45) is 10.8 Å². The number of amides is 1. The fraction of sp³-hybridized carbons (Fsp3) is 0.378. The lowest BCUT2D eigenvalue weighted by Crippen LogP contribution is -2.53. The van der Waals surface area contributed by atoms with Crippen LogP contribution in [0, 0.1) is 16.6 Å². The van der Waals surface area contributed by atoms with Gasteiger partial charge >= 0.3 is 18.0 Å². The highest BCUT2D eigenvalue weighted by molar-refractivity contribution is 5.94. The summed E-state index contributed by atoms with van der Waals surface area (Å²) in [6.07, 6.45) is 0.0334. The summed E-state index contributed by atoms with van der Waals surface area (Å²) in [4.78, 5) is 45.6. The molecular weight excluding hydrogens is 587 g/mol. The maximum Gasteiger partial charge on any atom is 0.410 e. The molecule has 238 valence electrons. The largest absolute Gasteiger partial charge is 0.457 e. The Morgan fingerprint density at radius 2 is 1.72 bits per heavy atom. The third-order valence-electron chi connectivity index (χ3n) is 10.9. The van der Waals surface area contributed by atoms with Crippen LogP contribution in [0.5, 0.6) is 0 Å². The SMILES string of the molecule is CC1(C)[C@@]2(C(=O)O[C@@H]3CN(C(=O)OCc4ccccc4)CC[C@H]3c3c(-c4ccccc4)[nH]c4cc(F)ccc34)CC[C@]1(C)C(=O)O2. The minimum absolute atomic E-state index is 0.0772. The molecule has 1 aromatic heterocycles. The minimum atomic E-state index is -1.43. The summed E-state index contributed by atoms with van der Waals surface area (Å²) in [6, 6.07) is 23.8. The predicted octanol–water partition coefficient (Wildman–Crippen LogP) is 7.13. The molecule has 1 saturated carbocycles. The van der Waals surface area contributed by atoms with Crippen molar-refractivity contribution in [3.63, 3.8) is 0 Å². The van der Waals surface area contributed by atoms with Gasteiger partial charge in [-0.2, -0.15) is 0 Å². The monoisotopic (exact) mass is 624 g/mol. The van der Waals surface area contributed by atoms with Crippen molar-refractivity contribution in [1.82, 2.24) is 9.88 Å². The molecule has 9 heteroatoms. The van der Waals surface area contributed by atoms with Gasteiger partial charge in [-0.3, -0.25) is 4.79 Å². The Labute approximate surface area is 266 Å². The van der Waals surface area contributed by atoms with Crippen LogP contribution in [-0.4, -0.2) is 52.7 Å². The number of fused-ring (bicyclic) bond motifs is 3. The lowest BCUT2D eigenvalue weighted by atomic mass is 9.66. The number of halogens is 1. The number of piperidine rings is 1. The first kappa shape index (κ1) is 30.0. The zero-order chi connectivity index (χ0) is 32.3. The Kier molecular flexibility index (Phi) is 7.18. The number of nitrogens with zero attached hydrogens (tertiary/aromatic N) is 1. The van der Waals surface area contributed by atoms with E-state index in [1.165, 1.54) is 12.1 Å². The van der Waals surface area contributed by atoms with Crippen molar-refractivity contribution in [1.29, 1.82) is 0 Å². The molecule has 2 aliphatic heterocycles. The highest BCUT2D eigenvalue weighted by atomic mass is 19.1. The van der Waals surface area contributed by atoms with Gasteiger partial charge in [-0.25, -0.2) is 14.0 Å². The topological polar surface area (TPSA) is 97.9 Å². The Morgan fingerprint density at radius 3 is 2.39 bits per heavy atom. The molecule has 3 aliphatic rings. The van der Waals surface area contributed by atoms with Crippen molar-refractivity contribution in [2.75, 3.05) is 13.1 Å². The van der Waals surface area contributed by atoms with Crippen LogP contribution in [0.15, 0.2) is 78.9 Å². The average Bonchev–Trinajstić information content (AvgIpc) is 3.58. The summed E-state index contributed by atoms with van der Waals surface area (Å²) < 4.78 is 32.4. The Hall–Kier alpha value is -4.66. The molecule has 1 amide bonds. The number of hydrogen-bond donors (Lipinski definition) is 1. The van der Waals surface area contributed by atoms with E-state index in [2.05, 4.69) is 4.98 Å². The zero-order valence-electron chi connectivity index (χ0n) is 26.2. The Balaban J connectivity index is 1.25. The van der Waals surface area contributed by atoms with Crippen LogP contribution in [0.1, 0.15) is 57.1 Å². The second kappa shape index (κ2) is 11.0. The van der Waals surface area contributed by atoms with Gasteiger partial charge in [-0.05, 0) is 61.1 Å². The summed E-state index contributed by atoms with van der Waals surface area (Å²) >= 11 is 0. The minimum Gasteiger partial charge on any atom is -0.457 e. The van der Waals surface area contributed by atoms with Crippen LogP contribution < -0.4 is 0 Å². The summed E-state index contributed by atoms with van der Waals surface area (Å²) in [5, 5.41) is 0.811. The molecule has 4 aromatic rings. The van der Waals surface area contributed by atoms with Gasteiger partial charge in [0.2, 0.25) is 5.60 Å². The number of ether oxygens (including phenoxy) is 3. The fourth-order valence-corrected chi connectivity index (χ4v) is 7.69. The first-order chi connectivity index (χ1) is 22.0. The number of H-pyrrole nitrogens is 1. The molecule has 3 aromatic carbocycles. The number of nitrogens with one attached hydrogen (secondary N) is 1. The van der Waals surface area contributed by atoms with E-state index in [9.17, 15) is 18.8 Å². The fourth-order valence-electron chi connectivity index (χ4n) is 7.69. The van der Waals surface area contributed by atoms with E-state index in [0.717, 1.165) is 27.8 Å². The summed E-state index contributed by atoms with van der Waals surface area (Å²) in [5.41, 5.74) is 1.05. The van der Waals surface area contributed by atoms with Gasteiger partial charge in [0.1, 0.15) is 18.5 Å². The molecule has 3 heterocycles. The predicted molar refractivity (Wildman–Crippen MR) is 169 cm³/mol. The van der Waals surface area contributed by atoms with E-state index in [1.54, 1.807) is 11.0 Å². The van der Waals surface area contributed by atoms with Gasteiger partial charge in [0.05, 0.1) is 17.7 Å². The Bertz CT molecular complexity index is 1820. The second-order valence-corrected chi connectivity index (χ2v) is 13.5. The molecule has 8 nitrogen and oxygen atoms in total. The van der Waals surface area contributed by atoms with Crippen LogP contribution in [0.25, 0.3) is 22.2 Å². The number of carbonyl (C=O) groups is 3. The maximum absolute atomic E-state index is 14.4. The molecule has 4 atom stereocenters. The quantitative estimate of drug-likeness (QED) is 0.181. The molecule has 3 fully saturated rings. The van der Waals surface area contributed by atoms with Gasteiger partial charge in [-0.15, -0.1) is 0 Å². The van der Waals surface area contributed by atoms with E-state index in [0.29, 0.717) is 31.3 Å². The lowest BCUT2D eigenvalue weighted by molar-refractivity contribution is -0.189. The van der Waals surface area contributed by atoms with E-state index in [-0.39, 0.29) is 24.9 Å². The molecular formula is C37H37FN2O6. The van der Waals surface area contributed by atoms with Crippen LogP contribution in [0.2, 0.25) is 0 Å². The smallest absolute Gasteiger partial charge is 0.410 e. The number of aromatic amines is 1. The van der Waals surface area contributed by atoms with Gasteiger partial charge in [-0.1, -0.05) is 74.5 Å². The lowest BCUT2D eigenvalue weighted by Gasteiger charge is -2.41. The van der Waals surface area contributed by atoms with Crippen LogP contribution in [0.3, 0.4) is 0 Å². The normalized spacial score (nSPS) is 26.6. The second-order valence-electron chi connectivity index (χ2n) is 13.5. The van der Waals surface area contributed by atoms with Crippen molar-refractivity contribution in [3.05, 3.63) is 95.8 Å². The van der Waals surface area contributed by atoms with E-state index in [1.807, 2.05) is 81.4 Å². The highest BCUT2D eigenvalue weighted by Crippen LogP contribution is 2.66. The van der Waals surface area contributed by atoms with E-state index in [4.69, 9.17) is 14.2 Å². The van der Waals surface area contributed by atoms with E-state index >= 15 is 0 Å². The average molecular weight is 625 g/mol. The standard InChI is InChI=1S/C37H37FN2O6/c1-35(2)36(3)17-18-37(35,46-32(36)41)33(42)45-29-21-40(34(43)44-22-23-10-6-4-7-11-23)19-16-27(29)30-26-15-14-25(38)20-28(26)39-31(30)24-12-8-5-9-13-24/h4-15,20,27,29,39H,16-19,21-22H2,1-3H3/t27-,29-,36-,37+/m1/s1. The van der Waals surface area contributed by atoms with Crippen molar-refractivity contribution in [2.45, 2.75) is 64.3 Å². The number of esters is 2. The van der Waals surface area contributed by atoms with Crippen LogP contribution in [-0.2, 0) is 30.4 Å². The molecule has 46 heavy (non-hydrogen) atoms. The zero-order valence-corrected chi connectivity index (χ0v) is 26.2. The number of likely N-dealkylation sites (tertiary alicyclic amines) is 1. The van der Waals surface area contributed by atoms with Crippen LogP contribution >= 0.6 is 0 Å². The summed E-state index contributed by atoms with van der Waals surface area (Å²) in [5.74, 6) is -1.72. The molecule has 2 saturated heterocycles. The molecule has 0 radical (unpaired) electrons.